The van der Waals surface area contributed by atoms with Gasteiger partial charge in [0.05, 0.1) is 5.92 Å². The maximum Gasteiger partial charge on any atom is 0.308 e. The van der Waals surface area contributed by atoms with E-state index in [1.807, 2.05) is 31.2 Å². The molecule has 1 aromatic rings. The summed E-state index contributed by atoms with van der Waals surface area (Å²) in [6, 6.07) is 7.75. The highest BCUT2D eigenvalue weighted by atomic mass is 16.4. The Hall–Kier alpha value is -2.25. The van der Waals surface area contributed by atoms with E-state index in [0.29, 0.717) is 32.4 Å². The summed E-state index contributed by atoms with van der Waals surface area (Å²) in [5.74, 6) is -1.51. The maximum atomic E-state index is 12.2. The molecule has 1 aromatic carbocycles. The highest BCUT2D eigenvalue weighted by Gasteiger charge is 2.20. The summed E-state index contributed by atoms with van der Waals surface area (Å²) in [6.45, 7) is 5.39. The summed E-state index contributed by atoms with van der Waals surface area (Å²) in [4.78, 5) is 35.8. The van der Waals surface area contributed by atoms with Gasteiger partial charge < -0.3 is 21.5 Å². The standard InChI is InChI=1S/C25H41N3O4/c1-3-4-7-19(2)24(30)28-17-22(25(31)32)16-21-11-9-20(10-12-21)13-14-23(29)8-5-6-15-27-18-26/h9-12,19,22,27H,3-8,13-18,26H2,1-2H3,(H,28,30)(H,31,32). The molecule has 2 unspecified atom stereocenters. The zero-order valence-electron chi connectivity index (χ0n) is 19.7. The topological polar surface area (TPSA) is 122 Å². The van der Waals surface area contributed by atoms with Crippen LogP contribution >= 0.6 is 0 Å². The van der Waals surface area contributed by atoms with Crippen molar-refractivity contribution in [3.63, 3.8) is 0 Å². The molecule has 0 aliphatic heterocycles. The van der Waals surface area contributed by atoms with E-state index in [1.165, 1.54) is 0 Å². The van der Waals surface area contributed by atoms with E-state index in [0.717, 1.165) is 49.8 Å². The fourth-order valence-corrected chi connectivity index (χ4v) is 3.50. The molecule has 32 heavy (non-hydrogen) atoms. The molecule has 5 N–H and O–H groups in total. The molecule has 0 heterocycles. The molecular formula is C25H41N3O4. The third kappa shape index (κ3) is 12.0. The predicted octanol–water partition coefficient (Wildman–Crippen LogP) is 3.05. The summed E-state index contributed by atoms with van der Waals surface area (Å²) in [6.07, 6.45) is 6.80. The molecule has 0 fully saturated rings. The fraction of sp³-hybridized carbons (Fsp3) is 0.640. The Kier molecular flexibility index (Phi) is 14.2. The van der Waals surface area contributed by atoms with Crippen LogP contribution in [0, 0.1) is 11.8 Å². The minimum atomic E-state index is -0.914. The van der Waals surface area contributed by atoms with Crippen molar-refractivity contribution < 1.29 is 19.5 Å². The van der Waals surface area contributed by atoms with E-state index in [-0.39, 0.29) is 24.2 Å². The van der Waals surface area contributed by atoms with Crippen LogP contribution in [0.4, 0.5) is 0 Å². The average Bonchev–Trinajstić information content (AvgIpc) is 2.78. The number of nitrogens with one attached hydrogen (secondary N) is 2. The van der Waals surface area contributed by atoms with Gasteiger partial charge in [0.2, 0.25) is 5.91 Å². The predicted molar refractivity (Wildman–Crippen MR) is 127 cm³/mol. The number of rotatable bonds is 18. The van der Waals surface area contributed by atoms with Gasteiger partial charge in [-0.15, -0.1) is 0 Å². The molecule has 0 aliphatic carbocycles. The van der Waals surface area contributed by atoms with Crippen LogP contribution in [-0.2, 0) is 27.2 Å². The van der Waals surface area contributed by atoms with Crippen molar-refractivity contribution in [3.8, 4) is 0 Å². The number of unbranched alkanes of at least 4 members (excludes halogenated alkanes) is 2. The molecule has 0 aliphatic rings. The van der Waals surface area contributed by atoms with Crippen LogP contribution < -0.4 is 16.4 Å². The number of carboxylic acids is 1. The fourth-order valence-electron chi connectivity index (χ4n) is 3.50. The summed E-state index contributed by atoms with van der Waals surface area (Å²) in [5, 5.41) is 15.4. The second-order valence-electron chi connectivity index (χ2n) is 8.54. The number of hydrogen-bond donors (Lipinski definition) is 4. The van der Waals surface area contributed by atoms with Gasteiger partial charge in [0.15, 0.2) is 0 Å². The van der Waals surface area contributed by atoms with Gasteiger partial charge in [-0.1, -0.05) is 51.0 Å². The normalized spacial score (nSPS) is 12.8. The smallest absolute Gasteiger partial charge is 0.308 e. The minimum Gasteiger partial charge on any atom is -0.481 e. The van der Waals surface area contributed by atoms with Gasteiger partial charge in [0.1, 0.15) is 5.78 Å². The molecule has 0 saturated carbocycles. The first kappa shape index (κ1) is 27.8. The van der Waals surface area contributed by atoms with Crippen molar-refractivity contribution in [2.24, 2.45) is 17.6 Å². The first-order valence-corrected chi connectivity index (χ1v) is 11.9. The quantitative estimate of drug-likeness (QED) is 0.203. The summed E-state index contributed by atoms with van der Waals surface area (Å²) < 4.78 is 0. The lowest BCUT2D eigenvalue weighted by atomic mass is 9.96. The van der Waals surface area contributed by atoms with Crippen molar-refractivity contribution in [3.05, 3.63) is 35.4 Å². The SMILES string of the molecule is CCCCC(C)C(=O)NCC(Cc1ccc(CCC(=O)CCCCNCN)cc1)C(=O)O. The summed E-state index contributed by atoms with van der Waals surface area (Å²) >= 11 is 0. The van der Waals surface area contributed by atoms with Crippen molar-refractivity contribution in [2.45, 2.75) is 71.6 Å². The van der Waals surface area contributed by atoms with Crippen molar-refractivity contribution in [1.82, 2.24) is 10.6 Å². The Morgan fingerprint density at radius 2 is 1.72 bits per heavy atom. The Bertz CT molecular complexity index is 691. The first-order valence-electron chi connectivity index (χ1n) is 11.9. The van der Waals surface area contributed by atoms with Crippen LogP contribution in [0.1, 0.15) is 69.9 Å². The number of benzene rings is 1. The molecule has 180 valence electrons. The Balaban J connectivity index is 2.43. The number of amides is 1. The third-order valence-electron chi connectivity index (χ3n) is 5.71. The molecule has 0 bridgehead atoms. The van der Waals surface area contributed by atoms with Crippen LogP contribution in [0.2, 0.25) is 0 Å². The van der Waals surface area contributed by atoms with Crippen molar-refractivity contribution in [1.29, 1.82) is 0 Å². The van der Waals surface area contributed by atoms with Crippen molar-refractivity contribution in [2.75, 3.05) is 19.8 Å². The number of Topliss-reactive ketones (excluding diaryl/α,β-unsaturated/α-hetero) is 1. The van der Waals surface area contributed by atoms with Crippen LogP contribution in [0.3, 0.4) is 0 Å². The number of carbonyl (C=O) groups is 3. The van der Waals surface area contributed by atoms with Crippen LogP contribution in [-0.4, -0.2) is 42.5 Å². The molecule has 7 nitrogen and oxygen atoms in total. The molecule has 1 rings (SSSR count). The molecule has 0 spiro atoms. The van der Waals surface area contributed by atoms with Gasteiger partial charge in [0, 0.05) is 32.0 Å². The maximum absolute atomic E-state index is 12.2. The van der Waals surface area contributed by atoms with Crippen LogP contribution in [0.5, 0.6) is 0 Å². The third-order valence-corrected chi connectivity index (χ3v) is 5.71. The van der Waals surface area contributed by atoms with Gasteiger partial charge in [-0.25, -0.2) is 0 Å². The molecular weight excluding hydrogens is 406 g/mol. The van der Waals surface area contributed by atoms with Gasteiger partial charge >= 0.3 is 5.97 Å². The first-order chi connectivity index (χ1) is 15.4. The lowest BCUT2D eigenvalue weighted by Crippen LogP contribution is -2.36. The average molecular weight is 448 g/mol. The van der Waals surface area contributed by atoms with E-state index in [2.05, 4.69) is 17.6 Å². The highest BCUT2D eigenvalue weighted by molar-refractivity contribution is 5.79. The van der Waals surface area contributed by atoms with Crippen LogP contribution in [0.15, 0.2) is 24.3 Å². The zero-order chi connectivity index (χ0) is 23.8. The Labute approximate surface area is 192 Å². The second kappa shape index (κ2) is 16.4. The largest absolute Gasteiger partial charge is 0.481 e. The number of hydrogen-bond acceptors (Lipinski definition) is 5. The number of carbonyl (C=O) groups excluding carboxylic acids is 2. The number of aryl methyl sites for hydroxylation is 1. The van der Waals surface area contributed by atoms with Gasteiger partial charge in [0.25, 0.3) is 0 Å². The minimum absolute atomic E-state index is 0.0830. The number of ketones is 1. The highest BCUT2D eigenvalue weighted by Crippen LogP contribution is 2.14. The van der Waals surface area contributed by atoms with Gasteiger partial charge in [-0.3, -0.25) is 14.4 Å². The molecule has 0 radical (unpaired) electrons. The van der Waals surface area contributed by atoms with Gasteiger partial charge in [-0.2, -0.15) is 0 Å². The number of aliphatic carboxylic acids is 1. The Morgan fingerprint density at radius 3 is 2.34 bits per heavy atom. The second-order valence-corrected chi connectivity index (χ2v) is 8.54. The van der Waals surface area contributed by atoms with E-state index in [9.17, 15) is 19.5 Å². The molecule has 7 heteroatoms. The summed E-state index contributed by atoms with van der Waals surface area (Å²) in [7, 11) is 0. The van der Waals surface area contributed by atoms with Crippen LogP contribution in [0.25, 0.3) is 0 Å². The molecule has 1 amide bonds. The Morgan fingerprint density at radius 1 is 1.03 bits per heavy atom. The van der Waals surface area contributed by atoms with E-state index in [1.54, 1.807) is 0 Å². The number of nitrogens with two attached hydrogens (primary N) is 1. The number of carboxylic acid groups (broad SMARTS) is 1. The lowest BCUT2D eigenvalue weighted by molar-refractivity contribution is -0.141. The molecule has 2 atom stereocenters. The molecule has 0 saturated heterocycles. The van der Waals surface area contributed by atoms with E-state index in [4.69, 9.17) is 5.73 Å². The van der Waals surface area contributed by atoms with Crippen molar-refractivity contribution >= 4 is 17.7 Å². The molecule has 0 aromatic heterocycles. The zero-order valence-corrected chi connectivity index (χ0v) is 19.7. The van der Waals surface area contributed by atoms with E-state index >= 15 is 0 Å². The lowest BCUT2D eigenvalue weighted by Gasteiger charge is -2.16. The summed E-state index contributed by atoms with van der Waals surface area (Å²) in [5.41, 5.74) is 7.34. The monoisotopic (exact) mass is 447 g/mol. The van der Waals surface area contributed by atoms with E-state index < -0.39 is 11.9 Å². The van der Waals surface area contributed by atoms with Gasteiger partial charge in [-0.05, 0) is 49.8 Å².